The second-order valence-corrected chi connectivity index (χ2v) is 4.43. The summed E-state index contributed by atoms with van der Waals surface area (Å²) in [5.74, 6) is -0.534. The second kappa shape index (κ2) is 4.27. The zero-order chi connectivity index (χ0) is 12.5. The van der Waals surface area contributed by atoms with Crippen molar-refractivity contribution >= 4 is 22.5 Å². The Kier molecular flexibility index (Phi) is 2.60. The molecular weight excluding hydrogens is 228 g/mol. The minimum absolute atomic E-state index is 0.240. The molecule has 5 nitrogen and oxygen atoms in total. The number of aromatic nitrogens is 2. The Balaban J connectivity index is 2.06. The van der Waals surface area contributed by atoms with Crippen molar-refractivity contribution in [1.82, 2.24) is 15.3 Å². The number of H-pyrrole nitrogens is 1. The summed E-state index contributed by atoms with van der Waals surface area (Å²) in [7, 11) is 0. The number of nitrogens with zero attached hydrogens (tertiary/aromatic N) is 1. The maximum Gasteiger partial charge on any atom is 0.225 e. The summed E-state index contributed by atoms with van der Waals surface area (Å²) in [5.41, 5.74) is 8.38. The average Bonchev–Trinajstić information content (AvgIpc) is 2.82. The van der Waals surface area contributed by atoms with Gasteiger partial charge in [0.15, 0.2) is 0 Å². The molecular formula is C13H14N4O. The van der Waals surface area contributed by atoms with Crippen molar-refractivity contribution in [3.05, 3.63) is 36.2 Å². The van der Waals surface area contributed by atoms with Crippen molar-refractivity contribution < 1.29 is 4.79 Å². The van der Waals surface area contributed by atoms with Gasteiger partial charge >= 0.3 is 0 Å². The molecule has 5 heteroatoms. The number of pyridine rings is 1. The van der Waals surface area contributed by atoms with Gasteiger partial charge in [-0.05, 0) is 17.7 Å². The molecule has 2 aromatic heterocycles. The Hall–Kier alpha value is -2.14. The molecule has 1 aliphatic heterocycles. The fourth-order valence-electron chi connectivity index (χ4n) is 2.31. The predicted octanol–water partition coefficient (Wildman–Crippen LogP) is 0.651. The Morgan fingerprint density at radius 3 is 3.22 bits per heavy atom. The van der Waals surface area contributed by atoms with Crippen LogP contribution in [0.4, 0.5) is 0 Å². The van der Waals surface area contributed by atoms with E-state index in [0.717, 1.165) is 28.7 Å². The quantitative estimate of drug-likeness (QED) is 0.723. The molecule has 1 atom stereocenters. The van der Waals surface area contributed by atoms with E-state index in [0.29, 0.717) is 6.54 Å². The second-order valence-electron chi connectivity index (χ2n) is 4.43. The van der Waals surface area contributed by atoms with Gasteiger partial charge in [-0.15, -0.1) is 0 Å². The summed E-state index contributed by atoms with van der Waals surface area (Å²) in [6.07, 6.45) is 5.63. The van der Waals surface area contributed by atoms with Crippen LogP contribution in [0.15, 0.2) is 30.6 Å². The van der Waals surface area contributed by atoms with Crippen LogP contribution in [0, 0.1) is 5.92 Å². The number of aromatic amines is 1. The van der Waals surface area contributed by atoms with Crippen molar-refractivity contribution in [3.8, 4) is 0 Å². The molecule has 1 unspecified atom stereocenters. The molecule has 4 N–H and O–H groups in total. The first kappa shape index (κ1) is 11.0. The van der Waals surface area contributed by atoms with Gasteiger partial charge in [0.2, 0.25) is 5.91 Å². The standard InChI is InChI=1S/C13H14N4O/c14-12(18)9-4-8(5-15-6-9)11-7-17-13-10(11)2-1-3-16-13/h1-4,7,9,15H,5-6H2,(H2,14,18)(H,16,17). The van der Waals surface area contributed by atoms with E-state index in [2.05, 4.69) is 15.3 Å². The number of carbonyl (C=O) groups excluding carboxylic acids is 1. The average molecular weight is 242 g/mol. The fourth-order valence-corrected chi connectivity index (χ4v) is 2.31. The van der Waals surface area contributed by atoms with Gasteiger partial charge in [0.05, 0.1) is 5.92 Å². The lowest BCUT2D eigenvalue weighted by Gasteiger charge is -2.19. The van der Waals surface area contributed by atoms with Gasteiger partial charge in [-0.1, -0.05) is 6.08 Å². The van der Waals surface area contributed by atoms with Gasteiger partial charge in [-0.25, -0.2) is 4.98 Å². The van der Waals surface area contributed by atoms with E-state index >= 15 is 0 Å². The zero-order valence-electron chi connectivity index (χ0n) is 9.81. The third-order valence-electron chi connectivity index (χ3n) is 3.24. The number of hydrogen-bond donors (Lipinski definition) is 3. The highest BCUT2D eigenvalue weighted by Gasteiger charge is 2.20. The number of primary amides is 1. The van der Waals surface area contributed by atoms with E-state index in [1.807, 2.05) is 24.4 Å². The third kappa shape index (κ3) is 1.78. The summed E-state index contributed by atoms with van der Waals surface area (Å²) >= 11 is 0. The van der Waals surface area contributed by atoms with Crippen molar-refractivity contribution in [2.75, 3.05) is 13.1 Å². The summed E-state index contributed by atoms with van der Waals surface area (Å²) < 4.78 is 0. The number of nitrogens with one attached hydrogen (secondary N) is 2. The molecule has 0 fully saturated rings. The molecule has 3 rings (SSSR count). The lowest BCUT2D eigenvalue weighted by molar-refractivity contribution is -0.120. The first-order valence-corrected chi connectivity index (χ1v) is 5.89. The monoisotopic (exact) mass is 242 g/mol. The molecule has 0 saturated heterocycles. The lowest BCUT2D eigenvalue weighted by Crippen LogP contribution is -2.36. The highest BCUT2D eigenvalue weighted by Crippen LogP contribution is 2.26. The maximum absolute atomic E-state index is 11.3. The molecule has 0 saturated carbocycles. The van der Waals surface area contributed by atoms with E-state index < -0.39 is 0 Å². The zero-order valence-corrected chi connectivity index (χ0v) is 9.81. The molecule has 2 aromatic rings. The fraction of sp³-hybridized carbons (Fsp3) is 0.231. The Morgan fingerprint density at radius 1 is 1.50 bits per heavy atom. The van der Waals surface area contributed by atoms with Crippen LogP contribution < -0.4 is 11.1 Å². The van der Waals surface area contributed by atoms with Crippen molar-refractivity contribution in [2.24, 2.45) is 11.7 Å². The molecule has 1 aliphatic rings. The summed E-state index contributed by atoms with van der Waals surface area (Å²) in [4.78, 5) is 18.6. The lowest BCUT2D eigenvalue weighted by atomic mass is 9.96. The van der Waals surface area contributed by atoms with Crippen LogP contribution in [0.25, 0.3) is 16.6 Å². The number of amides is 1. The maximum atomic E-state index is 11.3. The topological polar surface area (TPSA) is 83.8 Å². The Labute approximate surface area is 104 Å². The normalized spacial score (nSPS) is 19.8. The minimum atomic E-state index is -0.294. The van der Waals surface area contributed by atoms with Gasteiger partial charge in [0.1, 0.15) is 5.65 Å². The van der Waals surface area contributed by atoms with Crippen LogP contribution >= 0.6 is 0 Å². The van der Waals surface area contributed by atoms with Gasteiger partial charge < -0.3 is 16.0 Å². The van der Waals surface area contributed by atoms with Gasteiger partial charge in [0.25, 0.3) is 0 Å². The van der Waals surface area contributed by atoms with E-state index in [-0.39, 0.29) is 11.8 Å². The Bertz CT molecular complexity index is 629. The first-order valence-electron chi connectivity index (χ1n) is 5.89. The van der Waals surface area contributed by atoms with Gasteiger partial charge in [-0.2, -0.15) is 0 Å². The van der Waals surface area contributed by atoms with Crippen LogP contribution in [-0.4, -0.2) is 29.0 Å². The summed E-state index contributed by atoms with van der Waals surface area (Å²) in [5, 5.41) is 4.28. The van der Waals surface area contributed by atoms with Crippen molar-refractivity contribution in [3.63, 3.8) is 0 Å². The molecule has 3 heterocycles. The highest BCUT2D eigenvalue weighted by atomic mass is 16.1. The van der Waals surface area contributed by atoms with Crippen LogP contribution in [-0.2, 0) is 4.79 Å². The van der Waals surface area contributed by atoms with E-state index in [9.17, 15) is 4.79 Å². The van der Waals surface area contributed by atoms with E-state index in [1.54, 1.807) is 6.20 Å². The van der Waals surface area contributed by atoms with Crippen molar-refractivity contribution in [1.29, 1.82) is 0 Å². The SMILES string of the molecule is NC(=O)C1C=C(c2c[nH]c3ncccc23)CNC1. The minimum Gasteiger partial charge on any atom is -0.369 e. The molecule has 1 amide bonds. The molecule has 0 aliphatic carbocycles. The number of carbonyl (C=O) groups is 1. The molecule has 0 spiro atoms. The van der Waals surface area contributed by atoms with E-state index in [1.165, 1.54) is 0 Å². The predicted molar refractivity (Wildman–Crippen MR) is 69.6 cm³/mol. The Morgan fingerprint density at radius 2 is 2.39 bits per heavy atom. The molecule has 0 radical (unpaired) electrons. The van der Waals surface area contributed by atoms with E-state index in [4.69, 9.17) is 5.73 Å². The number of rotatable bonds is 2. The first-order chi connectivity index (χ1) is 8.75. The van der Waals surface area contributed by atoms with Crippen LogP contribution in [0.2, 0.25) is 0 Å². The van der Waals surface area contributed by atoms with Gasteiger partial charge in [-0.3, -0.25) is 4.79 Å². The van der Waals surface area contributed by atoms with Crippen molar-refractivity contribution in [2.45, 2.75) is 0 Å². The smallest absolute Gasteiger partial charge is 0.225 e. The molecule has 0 bridgehead atoms. The number of nitrogens with two attached hydrogens (primary N) is 1. The summed E-state index contributed by atoms with van der Waals surface area (Å²) in [6.45, 7) is 1.35. The van der Waals surface area contributed by atoms with Crippen LogP contribution in [0.3, 0.4) is 0 Å². The molecule has 92 valence electrons. The molecule has 18 heavy (non-hydrogen) atoms. The molecule has 0 aromatic carbocycles. The highest BCUT2D eigenvalue weighted by molar-refractivity contribution is 5.92. The third-order valence-corrected chi connectivity index (χ3v) is 3.24. The van der Waals surface area contributed by atoms with Gasteiger partial charge in [0, 0.05) is 36.4 Å². The largest absolute Gasteiger partial charge is 0.369 e. The van der Waals surface area contributed by atoms with Crippen LogP contribution in [0.5, 0.6) is 0 Å². The summed E-state index contributed by atoms with van der Waals surface area (Å²) in [6, 6.07) is 3.92. The number of fused-ring (bicyclic) bond motifs is 1. The van der Waals surface area contributed by atoms with Crippen LogP contribution in [0.1, 0.15) is 5.56 Å². The number of hydrogen-bond acceptors (Lipinski definition) is 3.